The van der Waals surface area contributed by atoms with Gasteiger partial charge in [-0.3, -0.25) is 4.98 Å². The quantitative estimate of drug-likeness (QED) is 0.874. The Morgan fingerprint density at radius 2 is 1.72 bits per heavy atom. The first-order valence-electron chi connectivity index (χ1n) is 7.28. The summed E-state index contributed by atoms with van der Waals surface area (Å²) in [5, 5.41) is 2.52. The van der Waals surface area contributed by atoms with Gasteiger partial charge in [0.05, 0.1) is 6.04 Å². The van der Waals surface area contributed by atoms with E-state index in [1.54, 1.807) is 0 Å². The average Bonchev–Trinajstić information content (AvgIpc) is 2.37. The van der Waals surface area contributed by atoms with Gasteiger partial charge in [-0.2, -0.15) is 0 Å². The van der Waals surface area contributed by atoms with Crippen LogP contribution in [0.25, 0.3) is 0 Å². The Hall–Kier alpha value is -0.890. The molecule has 1 fully saturated rings. The average molecular weight is 247 g/mol. The minimum absolute atomic E-state index is 0.496. The summed E-state index contributed by atoms with van der Waals surface area (Å²) in [6, 6.07) is 5.07. The zero-order valence-corrected chi connectivity index (χ0v) is 12.0. The van der Waals surface area contributed by atoms with Crippen LogP contribution in [0.5, 0.6) is 0 Å². The highest BCUT2D eigenvalue weighted by Gasteiger charge is 2.30. The van der Waals surface area contributed by atoms with Gasteiger partial charge in [-0.25, -0.2) is 0 Å². The molecule has 1 aromatic rings. The normalized spacial score (nSPS) is 25.1. The summed E-state index contributed by atoms with van der Waals surface area (Å²) in [4.78, 5) is 4.06. The van der Waals surface area contributed by atoms with Crippen molar-refractivity contribution in [3.63, 3.8) is 0 Å². The molecular formula is C16H27N2+. The summed E-state index contributed by atoms with van der Waals surface area (Å²) >= 11 is 0. The molecule has 1 aliphatic rings. The van der Waals surface area contributed by atoms with Gasteiger partial charge in [-0.1, -0.05) is 20.8 Å². The van der Waals surface area contributed by atoms with Crippen LogP contribution in [-0.4, -0.2) is 11.0 Å². The van der Waals surface area contributed by atoms with E-state index in [0.717, 1.165) is 18.5 Å². The van der Waals surface area contributed by atoms with E-state index in [9.17, 15) is 0 Å². The Morgan fingerprint density at radius 3 is 2.28 bits per heavy atom. The van der Waals surface area contributed by atoms with E-state index in [2.05, 4.69) is 43.2 Å². The standard InChI is InChI=1S/C16H26N2/c1-16(2,3)14-4-6-15(7-5-14)18-12-13-8-10-17-11-9-13/h8-11,14-15,18H,4-7,12H2,1-3H3/p+1. The lowest BCUT2D eigenvalue weighted by Gasteiger charge is -2.36. The van der Waals surface area contributed by atoms with E-state index in [4.69, 9.17) is 0 Å². The molecule has 18 heavy (non-hydrogen) atoms. The largest absolute Gasteiger partial charge is 0.340 e. The number of hydrogen-bond donors (Lipinski definition) is 1. The van der Waals surface area contributed by atoms with Gasteiger partial charge in [-0.05, 0) is 49.1 Å². The minimum Gasteiger partial charge on any atom is -0.340 e. The van der Waals surface area contributed by atoms with Gasteiger partial charge in [-0.15, -0.1) is 0 Å². The van der Waals surface area contributed by atoms with Crippen LogP contribution in [0, 0.1) is 11.3 Å². The van der Waals surface area contributed by atoms with Crippen molar-refractivity contribution in [3.05, 3.63) is 30.1 Å². The highest BCUT2D eigenvalue weighted by Crippen LogP contribution is 2.36. The number of rotatable bonds is 3. The summed E-state index contributed by atoms with van der Waals surface area (Å²) < 4.78 is 0. The fourth-order valence-corrected chi connectivity index (χ4v) is 3.04. The van der Waals surface area contributed by atoms with Crippen molar-refractivity contribution in [3.8, 4) is 0 Å². The van der Waals surface area contributed by atoms with Crippen LogP contribution in [0.1, 0.15) is 52.0 Å². The van der Waals surface area contributed by atoms with Crippen molar-refractivity contribution in [2.45, 2.75) is 59.0 Å². The summed E-state index contributed by atoms with van der Waals surface area (Å²) in [7, 11) is 0. The second-order valence-electron chi connectivity index (χ2n) is 6.77. The molecule has 1 aliphatic carbocycles. The summed E-state index contributed by atoms with van der Waals surface area (Å²) in [5.74, 6) is 0.920. The van der Waals surface area contributed by atoms with Crippen LogP contribution in [0.15, 0.2) is 24.5 Å². The van der Waals surface area contributed by atoms with E-state index >= 15 is 0 Å². The number of hydrogen-bond acceptors (Lipinski definition) is 1. The maximum atomic E-state index is 4.06. The first kappa shape index (κ1) is 13.5. The molecule has 1 saturated carbocycles. The Kier molecular flexibility index (Phi) is 4.39. The lowest BCUT2D eigenvalue weighted by Crippen LogP contribution is -2.88. The third kappa shape index (κ3) is 3.81. The molecule has 0 bridgehead atoms. The van der Waals surface area contributed by atoms with Crippen molar-refractivity contribution in [2.75, 3.05) is 0 Å². The molecule has 2 rings (SSSR count). The molecular weight excluding hydrogens is 220 g/mol. The fraction of sp³-hybridized carbons (Fsp3) is 0.688. The number of nitrogens with two attached hydrogens (primary N) is 1. The summed E-state index contributed by atoms with van der Waals surface area (Å²) in [5.41, 5.74) is 1.89. The van der Waals surface area contributed by atoms with Crippen LogP contribution in [0.4, 0.5) is 0 Å². The van der Waals surface area contributed by atoms with E-state index in [1.165, 1.54) is 31.2 Å². The van der Waals surface area contributed by atoms with Crippen molar-refractivity contribution >= 4 is 0 Å². The maximum Gasteiger partial charge on any atom is 0.102 e. The van der Waals surface area contributed by atoms with E-state index in [0.29, 0.717) is 5.41 Å². The summed E-state index contributed by atoms with van der Waals surface area (Å²) in [6.07, 6.45) is 9.35. The Bertz CT molecular complexity index is 345. The fourth-order valence-electron chi connectivity index (χ4n) is 3.04. The zero-order valence-electron chi connectivity index (χ0n) is 12.0. The van der Waals surface area contributed by atoms with Crippen molar-refractivity contribution in [1.82, 2.24) is 4.98 Å². The number of aromatic nitrogens is 1. The van der Waals surface area contributed by atoms with Gasteiger partial charge in [0.15, 0.2) is 0 Å². The Morgan fingerprint density at radius 1 is 1.11 bits per heavy atom. The van der Waals surface area contributed by atoms with Crippen LogP contribution >= 0.6 is 0 Å². The van der Waals surface area contributed by atoms with Crippen LogP contribution in [0.3, 0.4) is 0 Å². The molecule has 0 atom stereocenters. The smallest absolute Gasteiger partial charge is 0.102 e. The van der Waals surface area contributed by atoms with Gasteiger partial charge in [0, 0.05) is 18.0 Å². The van der Waals surface area contributed by atoms with E-state index in [1.807, 2.05) is 12.4 Å². The molecule has 1 heterocycles. The van der Waals surface area contributed by atoms with Crippen molar-refractivity contribution < 1.29 is 5.32 Å². The molecule has 2 N–H and O–H groups in total. The third-order valence-corrected chi connectivity index (χ3v) is 4.43. The van der Waals surface area contributed by atoms with Crippen molar-refractivity contribution in [2.24, 2.45) is 11.3 Å². The predicted octanol–water partition coefficient (Wildman–Crippen LogP) is 2.75. The SMILES string of the molecule is CC(C)(C)C1CCC([NH2+]Cc2ccncc2)CC1. The van der Waals surface area contributed by atoms with Crippen molar-refractivity contribution in [1.29, 1.82) is 0 Å². The number of pyridine rings is 1. The van der Waals surface area contributed by atoms with Crippen LogP contribution in [0.2, 0.25) is 0 Å². The number of quaternary nitrogens is 1. The molecule has 0 unspecified atom stereocenters. The lowest BCUT2D eigenvalue weighted by molar-refractivity contribution is -0.707. The Labute approximate surface area is 111 Å². The molecule has 2 nitrogen and oxygen atoms in total. The molecule has 1 aromatic heterocycles. The van der Waals surface area contributed by atoms with Gasteiger partial charge in [0.1, 0.15) is 6.54 Å². The molecule has 0 aliphatic heterocycles. The second-order valence-corrected chi connectivity index (χ2v) is 6.77. The highest BCUT2D eigenvalue weighted by molar-refractivity contribution is 5.07. The topological polar surface area (TPSA) is 29.5 Å². The van der Waals surface area contributed by atoms with Gasteiger partial charge < -0.3 is 5.32 Å². The van der Waals surface area contributed by atoms with Gasteiger partial charge in [0.2, 0.25) is 0 Å². The zero-order chi connectivity index (χ0) is 13.0. The molecule has 0 amide bonds. The highest BCUT2D eigenvalue weighted by atomic mass is 14.9. The molecule has 2 heteroatoms. The van der Waals surface area contributed by atoms with Crippen LogP contribution < -0.4 is 5.32 Å². The summed E-state index contributed by atoms with van der Waals surface area (Å²) in [6.45, 7) is 8.27. The first-order chi connectivity index (χ1) is 8.55. The monoisotopic (exact) mass is 247 g/mol. The molecule has 100 valence electrons. The lowest BCUT2D eigenvalue weighted by atomic mass is 9.71. The van der Waals surface area contributed by atoms with E-state index < -0.39 is 0 Å². The second kappa shape index (κ2) is 5.83. The number of nitrogens with zero attached hydrogens (tertiary/aromatic N) is 1. The van der Waals surface area contributed by atoms with E-state index in [-0.39, 0.29) is 0 Å². The minimum atomic E-state index is 0.496. The molecule has 0 aromatic carbocycles. The van der Waals surface area contributed by atoms with Gasteiger partial charge in [0.25, 0.3) is 0 Å². The molecule has 0 radical (unpaired) electrons. The first-order valence-corrected chi connectivity index (χ1v) is 7.28. The van der Waals surface area contributed by atoms with Gasteiger partial charge >= 0.3 is 0 Å². The van der Waals surface area contributed by atoms with Crippen LogP contribution in [-0.2, 0) is 6.54 Å². The maximum absolute atomic E-state index is 4.06. The molecule has 0 saturated heterocycles. The third-order valence-electron chi connectivity index (χ3n) is 4.43. The Balaban J connectivity index is 1.74. The predicted molar refractivity (Wildman–Crippen MR) is 75.1 cm³/mol. The molecule has 0 spiro atoms.